The maximum Gasteiger partial charge on any atom is 0.566 e. The van der Waals surface area contributed by atoms with Crippen LogP contribution in [0.1, 0.15) is 40.5 Å². The Labute approximate surface area is 199 Å². The Kier molecular flexibility index (Phi) is 11.5. The summed E-state index contributed by atoms with van der Waals surface area (Å²) in [6.45, 7) is 10.4. The molecule has 2 rings (SSSR count). The summed E-state index contributed by atoms with van der Waals surface area (Å²) in [5.74, 6) is 0.900. The van der Waals surface area contributed by atoms with Gasteiger partial charge in [0.25, 0.3) is 0 Å². The van der Waals surface area contributed by atoms with Crippen LogP contribution in [0.3, 0.4) is 0 Å². The van der Waals surface area contributed by atoms with E-state index in [9.17, 15) is 0 Å². The Balaban J connectivity index is 1.86. The third kappa shape index (κ3) is 9.54. The van der Waals surface area contributed by atoms with E-state index < -0.39 is 17.6 Å². The fourth-order valence-electron chi connectivity index (χ4n) is 2.91. The fraction of sp³-hybridized carbons (Fsp3) is 0.750. The van der Waals surface area contributed by atoms with Crippen molar-refractivity contribution < 1.29 is 31.3 Å². The molecule has 0 bridgehead atoms. The SMILES string of the molecule is CC(=S)OCCC[Si]1(OCC(C)CO[Si]2(CCCS)OC=C(C)CO2)OC=C(C)CO1. The third-order valence-electron chi connectivity index (χ3n) is 4.67. The highest BCUT2D eigenvalue weighted by Crippen LogP contribution is 2.27. The first kappa shape index (κ1) is 26.8. The van der Waals surface area contributed by atoms with Gasteiger partial charge in [0.05, 0.1) is 32.3 Å². The molecule has 0 saturated heterocycles. The average molecular weight is 509 g/mol. The van der Waals surface area contributed by atoms with Crippen LogP contribution in [0.5, 0.6) is 0 Å². The van der Waals surface area contributed by atoms with E-state index in [1.807, 2.05) is 13.8 Å². The number of ether oxygens (including phenoxy) is 1. The normalized spacial score (nSPS) is 26.9. The standard InChI is InChI=1S/C20H36O7S2Si2/c1-17-11-22-30(23-12-17,9-5-7-21-20(4)29)24-13-18(2)14-25-31(10-6-8-28)26-15-19(3)16-27-31/h11,15,18,28H,5-10,12-14,16H2,1-4H3. The number of hydrogen-bond acceptors (Lipinski definition) is 9. The van der Waals surface area contributed by atoms with Crippen molar-refractivity contribution >= 4 is 47.5 Å². The zero-order chi connectivity index (χ0) is 22.7. The first-order valence-electron chi connectivity index (χ1n) is 10.7. The van der Waals surface area contributed by atoms with Gasteiger partial charge in [-0.25, -0.2) is 0 Å². The van der Waals surface area contributed by atoms with Gasteiger partial charge in [0, 0.05) is 38.1 Å². The van der Waals surface area contributed by atoms with Crippen LogP contribution in [-0.2, 0) is 31.3 Å². The molecule has 3 unspecified atom stereocenters. The molecule has 2 aliphatic rings. The molecule has 11 heteroatoms. The lowest BCUT2D eigenvalue weighted by Crippen LogP contribution is -2.49. The van der Waals surface area contributed by atoms with Gasteiger partial charge in [-0.2, -0.15) is 12.6 Å². The van der Waals surface area contributed by atoms with Crippen LogP contribution in [0.25, 0.3) is 0 Å². The summed E-state index contributed by atoms with van der Waals surface area (Å²) in [6.07, 6.45) is 5.19. The van der Waals surface area contributed by atoms with Crippen LogP contribution >= 0.6 is 24.8 Å². The highest BCUT2D eigenvalue weighted by atomic mass is 32.1. The molecule has 178 valence electrons. The molecule has 0 aromatic rings. The molecule has 0 radical (unpaired) electrons. The van der Waals surface area contributed by atoms with E-state index in [1.54, 1.807) is 19.4 Å². The molecular weight excluding hydrogens is 473 g/mol. The number of hydrogen-bond donors (Lipinski definition) is 1. The first-order valence-corrected chi connectivity index (χ1v) is 15.7. The van der Waals surface area contributed by atoms with Gasteiger partial charge >= 0.3 is 17.6 Å². The van der Waals surface area contributed by atoms with Crippen molar-refractivity contribution in [3.05, 3.63) is 23.7 Å². The van der Waals surface area contributed by atoms with E-state index >= 15 is 0 Å². The fourth-order valence-corrected chi connectivity index (χ4v) is 8.62. The minimum absolute atomic E-state index is 0.127. The second-order valence-corrected chi connectivity index (χ2v) is 14.5. The van der Waals surface area contributed by atoms with Crippen LogP contribution < -0.4 is 0 Å². The number of thiocarbonyl (C=S) groups is 1. The Hall–Kier alpha value is -0.406. The zero-order valence-electron chi connectivity index (χ0n) is 19.0. The van der Waals surface area contributed by atoms with Crippen LogP contribution in [0, 0.1) is 5.92 Å². The van der Waals surface area contributed by atoms with Crippen molar-refractivity contribution in [1.82, 2.24) is 0 Å². The lowest BCUT2D eigenvalue weighted by molar-refractivity contribution is 0.0403. The van der Waals surface area contributed by atoms with Gasteiger partial charge in [-0.1, -0.05) is 6.92 Å². The second-order valence-electron chi connectivity index (χ2n) is 8.11. The van der Waals surface area contributed by atoms with E-state index in [0.29, 0.717) is 44.1 Å². The zero-order valence-corrected chi connectivity index (χ0v) is 22.7. The van der Waals surface area contributed by atoms with Crippen molar-refractivity contribution in [3.63, 3.8) is 0 Å². The van der Waals surface area contributed by atoms with E-state index in [4.69, 9.17) is 43.5 Å². The summed E-state index contributed by atoms with van der Waals surface area (Å²) in [5.41, 5.74) is 2.10. The smallest absolute Gasteiger partial charge is 0.507 e. The Bertz CT molecular complexity index is 649. The molecule has 0 aromatic carbocycles. The van der Waals surface area contributed by atoms with Crippen LogP contribution in [0.2, 0.25) is 12.1 Å². The lowest BCUT2D eigenvalue weighted by atomic mass is 10.2. The monoisotopic (exact) mass is 508 g/mol. The molecule has 31 heavy (non-hydrogen) atoms. The quantitative estimate of drug-likeness (QED) is 0.169. The molecule has 7 nitrogen and oxygen atoms in total. The van der Waals surface area contributed by atoms with Gasteiger partial charge < -0.3 is 31.3 Å². The molecule has 0 aliphatic carbocycles. The Morgan fingerprint density at radius 1 is 1.03 bits per heavy atom. The van der Waals surface area contributed by atoms with Crippen LogP contribution in [0.15, 0.2) is 23.7 Å². The van der Waals surface area contributed by atoms with Gasteiger partial charge in [0.2, 0.25) is 0 Å². The van der Waals surface area contributed by atoms with Gasteiger partial charge in [-0.05, 0) is 55.8 Å². The minimum atomic E-state index is -2.80. The molecule has 2 heterocycles. The minimum Gasteiger partial charge on any atom is -0.507 e. The second kappa shape index (κ2) is 13.3. The third-order valence-corrected chi connectivity index (χ3v) is 10.4. The van der Waals surface area contributed by atoms with Crippen molar-refractivity contribution in [2.24, 2.45) is 5.92 Å². The van der Waals surface area contributed by atoms with Crippen LogP contribution in [0.4, 0.5) is 0 Å². The van der Waals surface area contributed by atoms with Gasteiger partial charge in [0.15, 0.2) is 5.05 Å². The molecule has 0 aromatic heterocycles. The average Bonchev–Trinajstić information content (AvgIpc) is 2.76. The predicted octanol–water partition coefficient (Wildman–Crippen LogP) is 4.51. The Morgan fingerprint density at radius 2 is 1.55 bits per heavy atom. The predicted molar refractivity (Wildman–Crippen MR) is 131 cm³/mol. The Morgan fingerprint density at radius 3 is 1.97 bits per heavy atom. The number of rotatable bonds is 13. The highest BCUT2D eigenvalue weighted by Gasteiger charge is 2.46. The molecule has 0 saturated carbocycles. The van der Waals surface area contributed by atoms with Crippen molar-refractivity contribution in [1.29, 1.82) is 0 Å². The molecule has 0 spiro atoms. The summed E-state index contributed by atoms with van der Waals surface area (Å²) in [5, 5.41) is 0.539. The maximum absolute atomic E-state index is 6.25. The van der Waals surface area contributed by atoms with E-state index in [1.165, 1.54) is 0 Å². The molecule has 0 fully saturated rings. The lowest BCUT2D eigenvalue weighted by Gasteiger charge is -2.34. The summed E-state index contributed by atoms with van der Waals surface area (Å²) in [6, 6.07) is 1.42. The van der Waals surface area contributed by atoms with Gasteiger partial charge in [0.1, 0.15) is 0 Å². The summed E-state index contributed by atoms with van der Waals surface area (Å²) in [4.78, 5) is 0. The molecule has 2 aliphatic heterocycles. The number of thiol groups is 1. The van der Waals surface area contributed by atoms with Crippen molar-refractivity contribution in [2.45, 2.75) is 52.6 Å². The molecule has 0 N–H and O–H groups in total. The van der Waals surface area contributed by atoms with Crippen LogP contribution in [-0.4, -0.2) is 61.4 Å². The van der Waals surface area contributed by atoms with E-state index in [-0.39, 0.29) is 5.92 Å². The topological polar surface area (TPSA) is 64.6 Å². The van der Waals surface area contributed by atoms with Crippen molar-refractivity contribution in [2.75, 3.05) is 38.8 Å². The van der Waals surface area contributed by atoms with Crippen molar-refractivity contribution in [3.8, 4) is 0 Å². The van der Waals surface area contributed by atoms with Gasteiger partial charge in [-0.15, -0.1) is 0 Å². The van der Waals surface area contributed by atoms with E-state index in [2.05, 4.69) is 19.6 Å². The molecular formula is C20H36O7S2Si2. The van der Waals surface area contributed by atoms with Gasteiger partial charge in [-0.3, -0.25) is 0 Å². The summed E-state index contributed by atoms with van der Waals surface area (Å²) < 4.78 is 41.8. The summed E-state index contributed by atoms with van der Waals surface area (Å²) >= 11 is 9.28. The largest absolute Gasteiger partial charge is 0.566 e. The molecule has 0 amide bonds. The first-order chi connectivity index (χ1) is 14.8. The molecule has 3 atom stereocenters. The maximum atomic E-state index is 6.25. The van der Waals surface area contributed by atoms with E-state index in [0.717, 1.165) is 35.8 Å². The highest BCUT2D eigenvalue weighted by molar-refractivity contribution is 7.80. The summed E-state index contributed by atoms with van der Waals surface area (Å²) in [7, 11) is -5.51.